The number of carbonyl (C=O) groups excluding carboxylic acids is 1. The molecule has 0 spiro atoms. The molecule has 21 heavy (non-hydrogen) atoms. The molecule has 1 atom stereocenters. The number of amides is 2. The Morgan fingerprint density at radius 2 is 2.00 bits per heavy atom. The summed E-state index contributed by atoms with van der Waals surface area (Å²) in [7, 11) is 0. The lowest BCUT2D eigenvalue weighted by Crippen LogP contribution is -2.57. The van der Waals surface area contributed by atoms with E-state index >= 15 is 0 Å². The smallest absolute Gasteiger partial charge is 0.315 e. The van der Waals surface area contributed by atoms with Crippen molar-refractivity contribution in [2.75, 3.05) is 0 Å². The zero-order valence-corrected chi connectivity index (χ0v) is 12.5. The van der Waals surface area contributed by atoms with E-state index in [2.05, 4.69) is 10.6 Å². The van der Waals surface area contributed by atoms with E-state index < -0.39 is 11.5 Å². The van der Waals surface area contributed by atoms with Gasteiger partial charge in [0, 0.05) is 0 Å². The number of rotatable bonds is 5. The molecule has 1 fully saturated rings. The summed E-state index contributed by atoms with van der Waals surface area (Å²) in [5.74, 6) is -0.873. The summed E-state index contributed by atoms with van der Waals surface area (Å²) in [5, 5.41) is 14.7. The highest BCUT2D eigenvalue weighted by molar-refractivity contribution is 5.77. The highest BCUT2D eigenvalue weighted by Crippen LogP contribution is 2.34. The molecule has 0 aromatic heterocycles. The van der Waals surface area contributed by atoms with Gasteiger partial charge in [0.25, 0.3) is 0 Å². The molecule has 0 heterocycles. The Kier molecular flexibility index (Phi) is 4.50. The van der Waals surface area contributed by atoms with Crippen molar-refractivity contribution in [3.63, 3.8) is 0 Å². The lowest BCUT2D eigenvalue weighted by Gasteiger charge is -2.41. The first-order valence-corrected chi connectivity index (χ1v) is 7.28. The van der Waals surface area contributed by atoms with E-state index in [4.69, 9.17) is 5.11 Å². The maximum absolute atomic E-state index is 12.1. The van der Waals surface area contributed by atoms with E-state index in [1.165, 1.54) is 0 Å². The zero-order chi connectivity index (χ0) is 15.5. The van der Waals surface area contributed by atoms with Gasteiger partial charge in [-0.15, -0.1) is 0 Å². The second-order valence-corrected chi connectivity index (χ2v) is 5.88. The third-order valence-corrected chi connectivity index (χ3v) is 4.18. The number of carbonyl (C=O) groups is 2. The summed E-state index contributed by atoms with van der Waals surface area (Å²) < 4.78 is 0. The van der Waals surface area contributed by atoms with Crippen molar-refractivity contribution in [2.45, 2.75) is 51.1 Å². The number of urea groups is 1. The van der Waals surface area contributed by atoms with Gasteiger partial charge in [0.1, 0.15) is 0 Å². The Hall–Kier alpha value is -2.04. The number of carboxylic acids is 1. The topological polar surface area (TPSA) is 78.4 Å². The highest BCUT2D eigenvalue weighted by Gasteiger charge is 2.40. The summed E-state index contributed by atoms with van der Waals surface area (Å²) in [6, 6.07) is 7.47. The Morgan fingerprint density at radius 3 is 2.52 bits per heavy atom. The Bertz CT molecular complexity index is 538. The highest BCUT2D eigenvalue weighted by atomic mass is 16.4. The largest absolute Gasteiger partial charge is 0.481 e. The molecule has 114 valence electrons. The van der Waals surface area contributed by atoms with Gasteiger partial charge in [0.2, 0.25) is 0 Å². The molecule has 2 rings (SSSR count). The summed E-state index contributed by atoms with van der Waals surface area (Å²) in [6.45, 7) is 3.93. The third-order valence-electron chi connectivity index (χ3n) is 4.18. The molecule has 1 aliphatic carbocycles. The van der Waals surface area contributed by atoms with Gasteiger partial charge in [-0.25, -0.2) is 4.79 Å². The van der Waals surface area contributed by atoms with Crippen molar-refractivity contribution in [1.29, 1.82) is 0 Å². The van der Waals surface area contributed by atoms with E-state index in [1.54, 1.807) is 0 Å². The minimum Gasteiger partial charge on any atom is -0.481 e. The van der Waals surface area contributed by atoms with Crippen LogP contribution in [0.25, 0.3) is 0 Å². The van der Waals surface area contributed by atoms with Crippen LogP contribution in [0.15, 0.2) is 24.3 Å². The Balaban J connectivity index is 1.95. The molecule has 2 amide bonds. The quantitative estimate of drug-likeness (QED) is 0.780. The minimum absolute atomic E-state index is 0.0147. The molecule has 1 aliphatic rings. The molecule has 1 saturated carbocycles. The van der Waals surface area contributed by atoms with Crippen molar-refractivity contribution < 1.29 is 14.7 Å². The van der Waals surface area contributed by atoms with Gasteiger partial charge in [-0.2, -0.15) is 0 Å². The normalized spacial score (nSPS) is 17.4. The average molecular weight is 290 g/mol. The molecule has 0 saturated heterocycles. The van der Waals surface area contributed by atoms with Crippen molar-refractivity contribution in [3.05, 3.63) is 35.4 Å². The fourth-order valence-electron chi connectivity index (χ4n) is 2.86. The maximum atomic E-state index is 12.1. The average Bonchev–Trinajstić information content (AvgIpc) is 2.35. The minimum atomic E-state index is -0.873. The molecule has 1 aromatic carbocycles. The molecule has 1 unspecified atom stereocenters. The fraction of sp³-hybridized carbons (Fsp3) is 0.500. The van der Waals surface area contributed by atoms with E-state index in [1.807, 2.05) is 38.1 Å². The van der Waals surface area contributed by atoms with Crippen LogP contribution >= 0.6 is 0 Å². The van der Waals surface area contributed by atoms with Crippen LogP contribution in [0.2, 0.25) is 0 Å². The number of nitrogens with one attached hydrogen (secondary N) is 2. The molecular formula is C16H22N2O3. The lowest BCUT2D eigenvalue weighted by atomic mass is 9.74. The summed E-state index contributed by atoms with van der Waals surface area (Å²) in [4.78, 5) is 23.0. The van der Waals surface area contributed by atoms with E-state index in [0.717, 1.165) is 30.4 Å². The monoisotopic (exact) mass is 290 g/mol. The number of benzene rings is 1. The predicted molar refractivity (Wildman–Crippen MR) is 80.1 cm³/mol. The first-order chi connectivity index (χ1) is 9.92. The van der Waals surface area contributed by atoms with E-state index in [9.17, 15) is 9.59 Å². The van der Waals surface area contributed by atoms with Crippen LogP contribution < -0.4 is 10.6 Å². The van der Waals surface area contributed by atoms with Gasteiger partial charge < -0.3 is 15.7 Å². The van der Waals surface area contributed by atoms with Crippen LogP contribution in [-0.2, 0) is 4.79 Å². The van der Waals surface area contributed by atoms with Crippen LogP contribution in [0.3, 0.4) is 0 Å². The molecule has 0 radical (unpaired) electrons. The molecular weight excluding hydrogens is 268 g/mol. The van der Waals surface area contributed by atoms with Gasteiger partial charge >= 0.3 is 12.0 Å². The first kappa shape index (κ1) is 15.4. The number of carboxylic acid groups (broad SMARTS) is 1. The lowest BCUT2D eigenvalue weighted by molar-refractivity contribution is -0.139. The van der Waals surface area contributed by atoms with Crippen molar-refractivity contribution in [3.8, 4) is 0 Å². The maximum Gasteiger partial charge on any atom is 0.315 e. The van der Waals surface area contributed by atoms with Crippen molar-refractivity contribution in [2.24, 2.45) is 0 Å². The first-order valence-electron chi connectivity index (χ1n) is 7.28. The summed E-state index contributed by atoms with van der Waals surface area (Å²) >= 11 is 0. The van der Waals surface area contributed by atoms with Gasteiger partial charge in [0.05, 0.1) is 18.0 Å². The standard InChI is InChI=1S/C16H22N2O3/c1-11-6-3-4-7-13(11)12(2)17-15(21)18-16(8-5-9-16)10-14(19)20/h3-4,6-7,12H,5,8-10H2,1-2H3,(H,19,20)(H2,17,18,21). The summed E-state index contributed by atoms with van der Waals surface area (Å²) in [6.07, 6.45) is 2.40. The molecule has 3 N–H and O–H groups in total. The van der Waals surface area contributed by atoms with E-state index in [-0.39, 0.29) is 18.5 Å². The van der Waals surface area contributed by atoms with Gasteiger partial charge in [-0.3, -0.25) is 4.79 Å². The van der Waals surface area contributed by atoms with Crippen LogP contribution in [0, 0.1) is 6.92 Å². The molecule has 5 heteroatoms. The van der Waals surface area contributed by atoms with Crippen LogP contribution in [0.4, 0.5) is 4.79 Å². The second-order valence-electron chi connectivity index (χ2n) is 5.88. The number of aryl methyl sites for hydroxylation is 1. The fourth-order valence-corrected chi connectivity index (χ4v) is 2.86. The van der Waals surface area contributed by atoms with Crippen LogP contribution in [0.5, 0.6) is 0 Å². The molecule has 0 aliphatic heterocycles. The number of aliphatic carboxylic acids is 1. The number of hydrogen-bond acceptors (Lipinski definition) is 2. The predicted octanol–water partition coefficient (Wildman–Crippen LogP) is 2.75. The molecule has 1 aromatic rings. The Labute approximate surface area is 124 Å². The van der Waals surface area contributed by atoms with Crippen molar-refractivity contribution in [1.82, 2.24) is 10.6 Å². The van der Waals surface area contributed by atoms with E-state index in [0.29, 0.717) is 0 Å². The second kappa shape index (κ2) is 6.16. The van der Waals surface area contributed by atoms with Crippen LogP contribution in [0.1, 0.15) is 49.8 Å². The number of hydrogen-bond donors (Lipinski definition) is 3. The molecule has 5 nitrogen and oxygen atoms in total. The SMILES string of the molecule is Cc1ccccc1C(C)NC(=O)NC1(CC(=O)O)CCC1. The zero-order valence-electron chi connectivity index (χ0n) is 12.5. The molecule has 0 bridgehead atoms. The van der Waals surface area contributed by atoms with Gasteiger partial charge in [0.15, 0.2) is 0 Å². The van der Waals surface area contributed by atoms with Gasteiger partial charge in [-0.05, 0) is 44.2 Å². The van der Waals surface area contributed by atoms with Crippen LogP contribution in [-0.4, -0.2) is 22.6 Å². The Morgan fingerprint density at radius 1 is 1.33 bits per heavy atom. The van der Waals surface area contributed by atoms with Crippen molar-refractivity contribution >= 4 is 12.0 Å². The summed E-state index contributed by atoms with van der Waals surface area (Å²) in [5.41, 5.74) is 1.62. The third kappa shape index (κ3) is 3.74. The van der Waals surface area contributed by atoms with Gasteiger partial charge in [-0.1, -0.05) is 24.3 Å².